The summed E-state index contributed by atoms with van der Waals surface area (Å²) in [6.07, 6.45) is 4.37. The zero-order valence-corrected chi connectivity index (χ0v) is 12.6. The molecular weight excluding hydrogens is 332 g/mol. The third kappa shape index (κ3) is 1.82. The van der Waals surface area contributed by atoms with E-state index in [-0.39, 0.29) is 22.5 Å². The van der Waals surface area contributed by atoms with Gasteiger partial charge in [0.15, 0.2) is 5.03 Å². The standard InChI is InChI=1S/C12H13BrN2O3S/c13-7-12(4-2-5-12)8-15-11(16)9-3-1-6-14-10(9)19(15,17)18/h1,3,6H,2,4-5,7-8H2. The summed E-state index contributed by atoms with van der Waals surface area (Å²) in [5, 5.41) is 0.604. The molecule has 0 N–H and O–H groups in total. The van der Waals surface area contributed by atoms with Crippen molar-refractivity contribution in [2.75, 3.05) is 11.9 Å². The lowest BCUT2D eigenvalue weighted by Crippen LogP contribution is -2.45. The van der Waals surface area contributed by atoms with Crippen LogP contribution in [-0.2, 0) is 10.0 Å². The molecule has 1 saturated carbocycles. The van der Waals surface area contributed by atoms with Crippen LogP contribution in [0.15, 0.2) is 23.4 Å². The van der Waals surface area contributed by atoms with Gasteiger partial charge >= 0.3 is 0 Å². The van der Waals surface area contributed by atoms with Crippen molar-refractivity contribution in [1.29, 1.82) is 0 Å². The van der Waals surface area contributed by atoms with Gasteiger partial charge in [0.25, 0.3) is 15.9 Å². The van der Waals surface area contributed by atoms with Crippen molar-refractivity contribution in [2.24, 2.45) is 5.41 Å². The molecule has 2 aliphatic rings. The number of sulfonamides is 1. The fourth-order valence-corrected chi connectivity index (χ4v) is 4.91. The molecule has 0 bridgehead atoms. The van der Waals surface area contributed by atoms with Gasteiger partial charge in [-0.2, -0.15) is 8.42 Å². The third-order valence-corrected chi connectivity index (χ3v) is 6.82. The Morgan fingerprint density at radius 1 is 1.42 bits per heavy atom. The highest BCUT2D eigenvalue weighted by atomic mass is 79.9. The molecule has 19 heavy (non-hydrogen) atoms. The average molecular weight is 345 g/mol. The Balaban J connectivity index is 1.99. The van der Waals surface area contributed by atoms with E-state index < -0.39 is 15.9 Å². The predicted octanol–water partition coefficient (Wildman–Crippen LogP) is 1.79. The summed E-state index contributed by atoms with van der Waals surface area (Å²) in [6, 6.07) is 3.10. The van der Waals surface area contributed by atoms with E-state index in [0.717, 1.165) is 23.6 Å². The summed E-state index contributed by atoms with van der Waals surface area (Å²) in [4.78, 5) is 16.1. The van der Waals surface area contributed by atoms with Crippen molar-refractivity contribution in [3.05, 3.63) is 23.9 Å². The second-order valence-corrected chi connectivity index (χ2v) is 7.50. The van der Waals surface area contributed by atoms with Gasteiger partial charge in [0.05, 0.1) is 5.56 Å². The maximum Gasteiger partial charge on any atom is 0.285 e. The Labute approximate surface area is 120 Å². The molecule has 1 aromatic heterocycles. The lowest BCUT2D eigenvalue weighted by Gasteiger charge is -2.42. The highest BCUT2D eigenvalue weighted by molar-refractivity contribution is 9.09. The van der Waals surface area contributed by atoms with Gasteiger partial charge in [0.2, 0.25) is 0 Å². The van der Waals surface area contributed by atoms with Crippen LogP contribution in [0.2, 0.25) is 0 Å². The van der Waals surface area contributed by atoms with E-state index in [1.165, 1.54) is 12.3 Å². The van der Waals surface area contributed by atoms with E-state index in [2.05, 4.69) is 20.9 Å². The van der Waals surface area contributed by atoms with Crippen LogP contribution in [0.25, 0.3) is 0 Å². The van der Waals surface area contributed by atoms with Crippen LogP contribution in [0.3, 0.4) is 0 Å². The normalized spacial score (nSPS) is 23.0. The molecule has 3 rings (SSSR count). The molecule has 0 saturated heterocycles. The van der Waals surface area contributed by atoms with Crippen molar-refractivity contribution in [3.8, 4) is 0 Å². The van der Waals surface area contributed by atoms with Crippen LogP contribution < -0.4 is 0 Å². The molecule has 0 radical (unpaired) electrons. The molecule has 102 valence electrons. The third-order valence-electron chi connectivity index (χ3n) is 3.94. The van der Waals surface area contributed by atoms with Gasteiger partial charge in [-0.1, -0.05) is 22.4 Å². The molecule has 0 atom stereocenters. The molecule has 1 aliphatic carbocycles. The molecule has 2 heterocycles. The van der Waals surface area contributed by atoms with Gasteiger partial charge in [-0.3, -0.25) is 4.79 Å². The molecule has 1 amide bonds. The topological polar surface area (TPSA) is 67.3 Å². The lowest BCUT2D eigenvalue weighted by atomic mass is 9.70. The molecular formula is C12H13BrN2O3S. The van der Waals surface area contributed by atoms with E-state index in [1.807, 2.05) is 0 Å². The monoisotopic (exact) mass is 344 g/mol. The number of pyridine rings is 1. The van der Waals surface area contributed by atoms with Crippen molar-refractivity contribution < 1.29 is 13.2 Å². The first-order valence-electron chi connectivity index (χ1n) is 6.08. The number of carbonyl (C=O) groups is 1. The number of halogens is 1. The first-order valence-corrected chi connectivity index (χ1v) is 8.64. The molecule has 1 aromatic rings. The van der Waals surface area contributed by atoms with E-state index in [0.29, 0.717) is 5.33 Å². The van der Waals surface area contributed by atoms with Crippen molar-refractivity contribution >= 4 is 31.9 Å². The number of amides is 1. The smallest absolute Gasteiger partial charge is 0.268 e. The van der Waals surface area contributed by atoms with Gasteiger partial charge in [0, 0.05) is 18.1 Å². The summed E-state index contributed by atoms with van der Waals surface area (Å²) in [5.74, 6) is -0.449. The Morgan fingerprint density at radius 3 is 2.68 bits per heavy atom. The minimum absolute atomic E-state index is 0.106. The summed E-state index contributed by atoms with van der Waals surface area (Å²) < 4.78 is 25.7. The second-order valence-electron chi connectivity index (χ2n) is 5.16. The first kappa shape index (κ1) is 13.1. The Morgan fingerprint density at radius 2 is 2.16 bits per heavy atom. The number of hydrogen-bond acceptors (Lipinski definition) is 4. The van der Waals surface area contributed by atoms with Gasteiger partial charge in [0.1, 0.15) is 0 Å². The highest BCUT2D eigenvalue weighted by Crippen LogP contribution is 2.45. The molecule has 7 heteroatoms. The van der Waals surface area contributed by atoms with E-state index >= 15 is 0 Å². The number of alkyl halides is 1. The Kier molecular flexibility index (Phi) is 2.94. The number of nitrogens with zero attached hydrogens (tertiary/aromatic N) is 2. The number of aromatic nitrogens is 1. The zero-order valence-electron chi connectivity index (χ0n) is 10.2. The SMILES string of the molecule is O=C1c2cccnc2S(=O)(=O)N1CC1(CBr)CCC1. The number of hydrogen-bond donors (Lipinski definition) is 0. The number of rotatable bonds is 3. The van der Waals surface area contributed by atoms with Crippen LogP contribution in [0, 0.1) is 5.41 Å². The molecule has 1 aliphatic heterocycles. The highest BCUT2D eigenvalue weighted by Gasteiger charge is 2.48. The van der Waals surface area contributed by atoms with Crippen molar-refractivity contribution in [2.45, 2.75) is 24.3 Å². The summed E-state index contributed by atoms with van der Waals surface area (Å²) >= 11 is 3.43. The van der Waals surface area contributed by atoms with Crippen LogP contribution in [0.4, 0.5) is 0 Å². The molecule has 5 nitrogen and oxygen atoms in total. The summed E-state index contributed by atoms with van der Waals surface area (Å²) in [7, 11) is -3.76. The van der Waals surface area contributed by atoms with Crippen LogP contribution in [0.1, 0.15) is 29.6 Å². The Hall–Kier alpha value is -0.950. The summed E-state index contributed by atoms with van der Waals surface area (Å²) in [6.45, 7) is 0.246. The van der Waals surface area contributed by atoms with Crippen molar-refractivity contribution in [1.82, 2.24) is 9.29 Å². The fraction of sp³-hybridized carbons (Fsp3) is 0.500. The zero-order chi connectivity index (χ0) is 13.7. The summed E-state index contributed by atoms with van der Waals surface area (Å²) in [5.41, 5.74) is 0.0802. The quantitative estimate of drug-likeness (QED) is 0.784. The minimum Gasteiger partial charge on any atom is -0.268 e. The van der Waals surface area contributed by atoms with Gasteiger partial charge in [-0.25, -0.2) is 9.29 Å². The predicted molar refractivity (Wildman–Crippen MR) is 72.5 cm³/mol. The Bertz CT molecular complexity index is 635. The van der Waals surface area contributed by atoms with E-state index in [9.17, 15) is 13.2 Å². The van der Waals surface area contributed by atoms with Crippen LogP contribution >= 0.6 is 15.9 Å². The van der Waals surface area contributed by atoms with E-state index in [1.54, 1.807) is 6.07 Å². The van der Waals surface area contributed by atoms with Crippen LogP contribution in [-0.4, -0.2) is 35.5 Å². The van der Waals surface area contributed by atoms with Gasteiger partial charge in [-0.15, -0.1) is 0 Å². The number of fused-ring (bicyclic) bond motifs is 1. The fourth-order valence-electron chi connectivity index (χ4n) is 2.58. The number of carbonyl (C=O) groups excluding carboxylic acids is 1. The molecule has 1 fully saturated rings. The molecule has 0 aromatic carbocycles. The molecule has 0 unspecified atom stereocenters. The van der Waals surface area contributed by atoms with Gasteiger partial charge < -0.3 is 0 Å². The second kappa shape index (κ2) is 4.28. The maximum absolute atomic E-state index is 12.4. The first-order chi connectivity index (χ1) is 9.00. The van der Waals surface area contributed by atoms with Gasteiger partial charge in [-0.05, 0) is 30.4 Å². The largest absolute Gasteiger partial charge is 0.285 e. The maximum atomic E-state index is 12.4. The average Bonchev–Trinajstić information content (AvgIpc) is 2.55. The lowest BCUT2D eigenvalue weighted by molar-refractivity contribution is 0.0750. The van der Waals surface area contributed by atoms with Crippen LogP contribution in [0.5, 0.6) is 0 Å². The minimum atomic E-state index is -3.76. The molecule has 0 spiro atoms. The van der Waals surface area contributed by atoms with E-state index in [4.69, 9.17) is 0 Å². The van der Waals surface area contributed by atoms with Crippen molar-refractivity contribution in [3.63, 3.8) is 0 Å².